The molecule has 0 radical (unpaired) electrons. The van der Waals surface area contributed by atoms with Gasteiger partial charge in [-0.2, -0.15) is 4.39 Å². The number of hydrogen-bond acceptors (Lipinski definition) is 5. The number of carbonyl (C=O) groups is 3. The Morgan fingerprint density at radius 2 is 2.03 bits per heavy atom. The number of pyridine rings is 1. The van der Waals surface area contributed by atoms with E-state index in [1.165, 1.54) is 19.2 Å². The summed E-state index contributed by atoms with van der Waals surface area (Å²) in [5.74, 6) is -3.01. The number of anilines is 1. The van der Waals surface area contributed by atoms with E-state index in [1.807, 2.05) is 0 Å². The van der Waals surface area contributed by atoms with Crippen LogP contribution in [0.3, 0.4) is 0 Å². The monoisotopic (exact) mass is 450 g/mol. The van der Waals surface area contributed by atoms with Crippen LogP contribution in [-0.4, -0.2) is 44.4 Å². The summed E-state index contributed by atoms with van der Waals surface area (Å²) in [6.07, 6.45) is 3.27. The minimum absolute atomic E-state index is 0.0545. The number of halogens is 2. The minimum Gasteiger partial charge on any atom is -0.394 e. The van der Waals surface area contributed by atoms with Crippen molar-refractivity contribution in [1.82, 2.24) is 14.9 Å². The molecule has 1 aliphatic rings. The molecule has 0 fully saturated rings. The average Bonchev–Trinajstić information content (AvgIpc) is 3.01. The van der Waals surface area contributed by atoms with Gasteiger partial charge in [0.25, 0.3) is 17.6 Å². The van der Waals surface area contributed by atoms with Crippen LogP contribution in [0.5, 0.6) is 0 Å². The average molecular weight is 451 g/mol. The number of nitrogens with zero attached hydrogens (tertiary/aromatic N) is 2. The Morgan fingerprint density at radius 3 is 2.68 bits per heavy atom. The summed E-state index contributed by atoms with van der Waals surface area (Å²) in [7, 11) is 0. The number of rotatable bonds is 6. The molecule has 0 aliphatic carbocycles. The molecule has 31 heavy (non-hydrogen) atoms. The topological polar surface area (TPSA) is 113 Å². The van der Waals surface area contributed by atoms with E-state index >= 15 is 0 Å². The molecule has 0 unspecified atom stereocenters. The number of Topliss-reactive ketones (excluding diaryl/α,β-unsaturated/α-hetero) is 1. The highest BCUT2D eigenvalue weighted by atomic mass is 35.5. The quantitative estimate of drug-likeness (QED) is 0.355. The Kier molecular flexibility index (Phi) is 6.47. The molecule has 0 saturated carbocycles. The second kappa shape index (κ2) is 8.76. The van der Waals surface area contributed by atoms with Crippen molar-refractivity contribution < 1.29 is 23.9 Å². The Labute approximate surface area is 183 Å². The number of aromatic nitrogens is 2. The van der Waals surface area contributed by atoms with Crippen molar-refractivity contribution in [3.63, 3.8) is 0 Å². The van der Waals surface area contributed by atoms with Gasteiger partial charge in [-0.15, -0.1) is 0 Å². The van der Waals surface area contributed by atoms with Gasteiger partial charge in [-0.05, 0) is 46.1 Å². The van der Waals surface area contributed by atoms with Crippen molar-refractivity contribution in [2.24, 2.45) is 0 Å². The maximum atomic E-state index is 13.4. The summed E-state index contributed by atoms with van der Waals surface area (Å²) in [4.78, 5) is 42.0. The van der Waals surface area contributed by atoms with E-state index in [1.54, 1.807) is 18.4 Å². The molecule has 2 aromatic rings. The van der Waals surface area contributed by atoms with Crippen LogP contribution in [0.1, 0.15) is 58.8 Å². The van der Waals surface area contributed by atoms with Crippen molar-refractivity contribution in [2.45, 2.75) is 52.1 Å². The van der Waals surface area contributed by atoms with Crippen LogP contribution >= 0.6 is 11.6 Å². The molecule has 0 atom stereocenters. The normalized spacial score (nSPS) is 13.5. The lowest BCUT2D eigenvalue weighted by Gasteiger charge is -2.23. The Morgan fingerprint density at radius 1 is 1.32 bits per heavy atom. The van der Waals surface area contributed by atoms with Gasteiger partial charge >= 0.3 is 0 Å². The highest BCUT2D eigenvalue weighted by Crippen LogP contribution is 2.33. The van der Waals surface area contributed by atoms with Gasteiger partial charge in [0.2, 0.25) is 5.95 Å². The number of aryl methyl sites for hydroxylation is 1. The molecule has 3 heterocycles. The predicted molar refractivity (Wildman–Crippen MR) is 113 cm³/mol. The summed E-state index contributed by atoms with van der Waals surface area (Å²) < 4.78 is 15.0. The third kappa shape index (κ3) is 4.62. The molecule has 10 heteroatoms. The summed E-state index contributed by atoms with van der Waals surface area (Å²) in [6, 6.07) is 1.44. The van der Waals surface area contributed by atoms with Crippen LogP contribution in [0.4, 0.5) is 10.1 Å². The molecule has 0 bridgehead atoms. The van der Waals surface area contributed by atoms with Gasteiger partial charge in [-0.1, -0.05) is 11.6 Å². The van der Waals surface area contributed by atoms with Crippen molar-refractivity contribution in [1.29, 1.82) is 0 Å². The van der Waals surface area contributed by atoms with E-state index < -0.39 is 29.1 Å². The third-order valence-corrected chi connectivity index (χ3v) is 5.49. The first-order valence-corrected chi connectivity index (χ1v) is 10.3. The van der Waals surface area contributed by atoms with E-state index in [0.717, 1.165) is 12.8 Å². The summed E-state index contributed by atoms with van der Waals surface area (Å²) in [5, 5.41) is 14.4. The molecule has 0 aromatic carbocycles. The maximum Gasteiger partial charge on any atom is 0.294 e. The van der Waals surface area contributed by atoms with Crippen molar-refractivity contribution in [2.75, 3.05) is 11.9 Å². The number of hydrogen-bond donors (Lipinski definition) is 3. The SMILES string of the molecule is Cc1cc(NC(=O)c2c(Cl)c(C(=O)C(=O)NC(C)(C)CO)n3c2CCCC3)cnc1F. The lowest BCUT2D eigenvalue weighted by atomic mass is 10.1. The van der Waals surface area contributed by atoms with E-state index in [9.17, 15) is 23.9 Å². The molecule has 0 spiro atoms. The van der Waals surface area contributed by atoms with Crippen LogP contribution < -0.4 is 10.6 Å². The van der Waals surface area contributed by atoms with E-state index in [-0.39, 0.29) is 34.1 Å². The number of fused-ring (bicyclic) bond motifs is 1. The fraction of sp³-hybridized carbons (Fsp3) is 0.429. The third-order valence-electron chi connectivity index (χ3n) is 5.12. The molecule has 8 nitrogen and oxygen atoms in total. The van der Waals surface area contributed by atoms with E-state index in [2.05, 4.69) is 15.6 Å². The molecule has 2 amide bonds. The number of ketones is 1. The van der Waals surface area contributed by atoms with Gasteiger partial charge in [0.05, 0.1) is 34.6 Å². The van der Waals surface area contributed by atoms with E-state index in [4.69, 9.17) is 11.6 Å². The van der Waals surface area contributed by atoms with Gasteiger partial charge in [0, 0.05) is 17.8 Å². The van der Waals surface area contributed by atoms with Crippen LogP contribution in [0.25, 0.3) is 0 Å². The summed E-state index contributed by atoms with van der Waals surface area (Å²) >= 11 is 6.47. The van der Waals surface area contributed by atoms with Gasteiger partial charge in [0.1, 0.15) is 5.69 Å². The fourth-order valence-electron chi connectivity index (χ4n) is 3.49. The van der Waals surface area contributed by atoms with Crippen LogP contribution in [0.15, 0.2) is 12.3 Å². The van der Waals surface area contributed by atoms with Crippen molar-refractivity contribution >= 4 is 34.9 Å². The highest BCUT2D eigenvalue weighted by molar-refractivity contribution is 6.48. The minimum atomic E-state index is -0.996. The van der Waals surface area contributed by atoms with Crippen LogP contribution in [0.2, 0.25) is 5.02 Å². The lowest BCUT2D eigenvalue weighted by molar-refractivity contribution is -0.119. The Balaban J connectivity index is 1.98. The second-order valence-electron chi connectivity index (χ2n) is 8.20. The zero-order valence-corrected chi connectivity index (χ0v) is 18.3. The largest absolute Gasteiger partial charge is 0.394 e. The number of aliphatic hydroxyl groups excluding tert-OH is 1. The molecule has 2 aromatic heterocycles. The van der Waals surface area contributed by atoms with Gasteiger partial charge in [-0.3, -0.25) is 14.4 Å². The Bertz CT molecular complexity index is 1060. The van der Waals surface area contributed by atoms with Crippen molar-refractivity contribution in [3.8, 4) is 0 Å². The summed E-state index contributed by atoms with van der Waals surface area (Å²) in [6.45, 7) is 4.76. The van der Waals surface area contributed by atoms with Crippen LogP contribution in [-0.2, 0) is 17.8 Å². The first-order valence-electron chi connectivity index (χ1n) is 9.87. The van der Waals surface area contributed by atoms with E-state index in [0.29, 0.717) is 18.7 Å². The first kappa shape index (κ1) is 22.9. The van der Waals surface area contributed by atoms with Crippen LogP contribution in [0, 0.1) is 12.9 Å². The van der Waals surface area contributed by atoms with Gasteiger partial charge in [0.15, 0.2) is 0 Å². The Hall–Kier alpha value is -2.78. The second-order valence-corrected chi connectivity index (χ2v) is 8.58. The zero-order valence-electron chi connectivity index (χ0n) is 17.5. The van der Waals surface area contributed by atoms with Crippen molar-refractivity contribution in [3.05, 3.63) is 45.7 Å². The standard InChI is InChI=1S/C21H24ClFN4O4/c1-11-8-12(9-24-18(11)23)25-19(30)14-13-6-4-5-7-27(13)16(15(14)22)17(29)20(31)26-21(2,3)10-28/h8-9,28H,4-7,10H2,1-3H3,(H,25,30)(H,26,31). The zero-order chi connectivity index (χ0) is 22.9. The van der Waals surface area contributed by atoms with Gasteiger partial charge in [-0.25, -0.2) is 4.98 Å². The number of amides is 2. The molecule has 166 valence electrons. The highest BCUT2D eigenvalue weighted by Gasteiger charge is 2.35. The number of nitrogens with one attached hydrogen (secondary N) is 2. The molecule has 0 saturated heterocycles. The molecule has 1 aliphatic heterocycles. The first-order chi connectivity index (χ1) is 14.6. The maximum absolute atomic E-state index is 13.4. The molecular formula is C21H24ClFN4O4. The van der Waals surface area contributed by atoms with Gasteiger partial charge < -0.3 is 20.3 Å². The fourth-order valence-corrected chi connectivity index (χ4v) is 3.87. The number of carbonyl (C=O) groups excluding carboxylic acids is 3. The molecular weight excluding hydrogens is 427 g/mol. The molecule has 3 N–H and O–H groups in total. The lowest BCUT2D eigenvalue weighted by Crippen LogP contribution is -2.49. The summed E-state index contributed by atoms with van der Waals surface area (Å²) in [5.41, 5.74) is 0.178. The smallest absolute Gasteiger partial charge is 0.294 e. The predicted octanol–water partition coefficient (Wildman–Crippen LogP) is 2.64. The molecule has 3 rings (SSSR count). The number of aliphatic hydroxyl groups is 1.